The number of carbonyl (C=O) groups is 1. The van der Waals surface area contributed by atoms with Crippen LogP contribution in [-0.2, 0) is 4.79 Å². The monoisotopic (exact) mass is 250 g/mol. The van der Waals surface area contributed by atoms with Crippen LogP contribution in [-0.4, -0.2) is 25.6 Å². The number of anilines is 1. The van der Waals surface area contributed by atoms with Crippen molar-refractivity contribution in [2.45, 2.75) is 32.7 Å². The molecule has 0 heterocycles. The second-order valence-corrected chi connectivity index (χ2v) is 4.26. The van der Waals surface area contributed by atoms with E-state index in [-0.39, 0.29) is 5.91 Å². The largest absolute Gasteiger partial charge is 0.495 e. The predicted octanol–water partition coefficient (Wildman–Crippen LogP) is 2.41. The maximum atomic E-state index is 11.7. The molecule has 0 radical (unpaired) electrons. The van der Waals surface area contributed by atoms with E-state index in [1.807, 2.05) is 24.3 Å². The van der Waals surface area contributed by atoms with Crippen molar-refractivity contribution in [1.29, 1.82) is 0 Å². The highest BCUT2D eigenvalue weighted by Crippen LogP contribution is 2.22. The summed E-state index contributed by atoms with van der Waals surface area (Å²) in [4.78, 5) is 11.7. The number of rotatable bonds is 7. The molecule has 0 aromatic heterocycles. The van der Waals surface area contributed by atoms with Crippen LogP contribution < -0.4 is 15.4 Å². The zero-order valence-corrected chi connectivity index (χ0v) is 11.3. The van der Waals surface area contributed by atoms with Crippen LogP contribution in [0, 0.1) is 0 Å². The van der Waals surface area contributed by atoms with Gasteiger partial charge in [-0.15, -0.1) is 0 Å². The maximum absolute atomic E-state index is 11.7. The van der Waals surface area contributed by atoms with Crippen molar-refractivity contribution in [2.24, 2.45) is 0 Å². The van der Waals surface area contributed by atoms with Crippen molar-refractivity contribution in [3.05, 3.63) is 24.3 Å². The van der Waals surface area contributed by atoms with Gasteiger partial charge in [0.05, 0.1) is 12.8 Å². The molecule has 100 valence electrons. The highest BCUT2D eigenvalue weighted by atomic mass is 16.5. The zero-order valence-electron chi connectivity index (χ0n) is 11.3. The average molecular weight is 250 g/mol. The minimum Gasteiger partial charge on any atom is -0.495 e. The number of methoxy groups -OCH3 is 1. The zero-order chi connectivity index (χ0) is 13.4. The second kappa shape index (κ2) is 7.71. The molecule has 1 aromatic rings. The Morgan fingerprint density at radius 3 is 2.78 bits per heavy atom. The van der Waals surface area contributed by atoms with E-state index in [4.69, 9.17) is 4.74 Å². The summed E-state index contributed by atoms with van der Waals surface area (Å²) in [7, 11) is 1.59. The van der Waals surface area contributed by atoms with Crippen molar-refractivity contribution in [2.75, 3.05) is 19.0 Å². The lowest BCUT2D eigenvalue weighted by Crippen LogP contribution is -2.29. The molecule has 0 bridgehead atoms. The van der Waals surface area contributed by atoms with Gasteiger partial charge in [-0.25, -0.2) is 0 Å². The van der Waals surface area contributed by atoms with Crippen molar-refractivity contribution < 1.29 is 9.53 Å². The molecule has 1 aromatic carbocycles. The first-order valence-corrected chi connectivity index (χ1v) is 6.33. The summed E-state index contributed by atoms with van der Waals surface area (Å²) >= 11 is 0. The molecule has 1 amide bonds. The van der Waals surface area contributed by atoms with E-state index >= 15 is 0 Å². The lowest BCUT2D eigenvalue weighted by Gasteiger charge is -2.12. The van der Waals surface area contributed by atoms with Gasteiger partial charge in [-0.2, -0.15) is 0 Å². The van der Waals surface area contributed by atoms with Gasteiger partial charge in [-0.1, -0.05) is 19.1 Å². The van der Waals surface area contributed by atoms with Gasteiger partial charge in [0.25, 0.3) is 0 Å². The highest BCUT2D eigenvalue weighted by molar-refractivity contribution is 5.92. The van der Waals surface area contributed by atoms with E-state index in [1.54, 1.807) is 7.11 Å². The van der Waals surface area contributed by atoms with Crippen LogP contribution in [0.25, 0.3) is 0 Å². The SMILES string of the molecule is CCC(C)NCCC(=O)Nc1ccccc1OC. The van der Waals surface area contributed by atoms with E-state index < -0.39 is 0 Å². The Kier molecular flexibility index (Phi) is 6.22. The first kappa shape index (κ1) is 14.5. The summed E-state index contributed by atoms with van der Waals surface area (Å²) in [6.45, 7) is 4.92. The third kappa shape index (κ3) is 4.75. The lowest BCUT2D eigenvalue weighted by molar-refractivity contribution is -0.116. The summed E-state index contributed by atoms with van der Waals surface area (Å²) in [6.07, 6.45) is 1.52. The predicted molar refractivity (Wildman–Crippen MR) is 74.0 cm³/mol. The summed E-state index contributed by atoms with van der Waals surface area (Å²) in [5.74, 6) is 0.677. The molecule has 1 atom stereocenters. The van der Waals surface area contributed by atoms with Crippen LogP contribution >= 0.6 is 0 Å². The fraction of sp³-hybridized carbons (Fsp3) is 0.500. The van der Waals surface area contributed by atoms with E-state index in [9.17, 15) is 4.79 Å². The van der Waals surface area contributed by atoms with Crippen LogP contribution in [0.15, 0.2) is 24.3 Å². The van der Waals surface area contributed by atoms with Gasteiger partial charge in [-0.05, 0) is 25.5 Å². The van der Waals surface area contributed by atoms with E-state index in [2.05, 4.69) is 24.5 Å². The van der Waals surface area contributed by atoms with Crippen molar-refractivity contribution in [3.8, 4) is 5.75 Å². The molecular formula is C14H22N2O2. The Bertz CT molecular complexity index is 380. The summed E-state index contributed by atoms with van der Waals surface area (Å²) in [5, 5.41) is 6.13. The Balaban J connectivity index is 2.40. The van der Waals surface area contributed by atoms with Gasteiger partial charge in [0.2, 0.25) is 5.91 Å². The number of benzene rings is 1. The quantitative estimate of drug-likeness (QED) is 0.781. The Morgan fingerprint density at radius 2 is 2.11 bits per heavy atom. The lowest BCUT2D eigenvalue weighted by atomic mass is 10.2. The number of ether oxygens (including phenoxy) is 1. The van der Waals surface area contributed by atoms with Gasteiger partial charge >= 0.3 is 0 Å². The highest BCUT2D eigenvalue weighted by Gasteiger charge is 2.06. The molecule has 0 saturated heterocycles. The molecule has 0 aliphatic rings. The topological polar surface area (TPSA) is 50.4 Å². The van der Waals surface area contributed by atoms with Crippen molar-refractivity contribution >= 4 is 11.6 Å². The Labute approximate surface area is 109 Å². The summed E-state index contributed by atoms with van der Waals surface area (Å²) in [6, 6.07) is 7.85. The number of nitrogens with one attached hydrogen (secondary N) is 2. The number of hydrogen-bond acceptors (Lipinski definition) is 3. The molecule has 0 saturated carbocycles. The van der Waals surface area contributed by atoms with Crippen molar-refractivity contribution in [1.82, 2.24) is 5.32 Å². The van der Waals surface area contributed by atoms with E-state index in [1.165, 1.54) is 0 Å². The molecule has 2 N–H and O–H groups in total. The third-order valence-electron chi connectivity index (χ3n) is 2.84. The molecule has 18 heavy (non-hydrogen) atoms. The minimum absolute atomic E-state index is 0.00435. The van der Waals surface area contributed by atoms with Gasteiger partial charge in [0, 0.05) is 19.0 Å². The van der Waals surface area contributed by atoms with Crippen LogP contribution in [0.1, 0.15) is 26.7 Å². The third-order valence-corrected chi connectivity index (χ3v) is 2.84. The number of hydrogen-bond donors (Lipinski definition) is 2. The first-order chi connectivity index (χ1) is 8.67. The molecular weight excluding hydrogens is 228 g/mol. The molecule has 1 rings (SSSR count). The van der Waals surface area contributed by atoms with Crippen molar-refractivity contribution in [3.63, 3.8) is 0 Å². The molecule has 0 aliphatic carbocycles. The summed E-state index contributed by atoms with van der Waals surface area (Å²) in [5.41, 5.74) is 0.716. The average Bonchev–Trinajstić information content (AvgIpc) is 2.39. The maximum Gasteiger partial charge on any atom is 0.225 e. The second-order valence-electron chi connectivity index (χ2n) is 4.26. The van der Waals surface area contributed by atoms with Gasteiger partial charge in [-0.3, -0.25) is 4.79 Å². The molecule has 4 heteroatoms. The number of carbonyl (C=O) groups excluding carboxylic acids is 1. The standard InChI is InChI=1S/C14H22N2O2/c1-4-11(2)15-10-9-14(17)16-12-7-5-6-8-13(12)18-3/h5-8,11,15H,4,9-10H2,1-3H3,(H,16,17). The van der Waals surface area contributed by atoms with Gasteiger partial charge in [0.1, 0.15) is 5.75 Å². The first-order valence-electron chi connectivity index (χ1n) is 6.33. The van der Waals surface area contributed by atoms with Crippen LogP contribution in [0.3, 0.4) is 0 Å². The van der Waals surface area contributed by atoms with Crippen LogP contribution in [0.4, 0.5) is 5.69 Å². The molecule has 1 unspecified atom stereocenters. The normalized spacial score (nSPS) is 11.9. The Morgan fingerprint density at radius 1 is 1.39 bits per heavy atom. The molecule has 0 spiro atoms. The number of amides is 1. The summed E-state index contributed by atoms with van der Waals surface area (Å²) < 4.78 is 5.18. The number of para-hydroxylation sites is 2. The van der Waals surface area contributed by atoms with Crippen LogP contribution in [0.2, 0.25) is 0 Å². The van der Waals surface area contributed by atoms with E-state index in [0.29, 0.717) is 30.4 Å². The fourth-order valence-corrected chi connectivity index (χ4v) is 1.54. The van der Waals surface area contributed by atoms with Gasteiger partial charge in [0.15, 0.2) is 0 Å². The van der Waals surface area contributed by atoms with Crippen LogP contribution in [0.5, 0.6) is 5.75 Å². The van der Waals surface area contributed by atoms with E-state index in [0.717, 1.165) is 6.42 Å². The fourth-order valence-electron chi connectivity index (χ4n) is 1.54. The minimum atomic E-state index is -0.00435. The van der Waals surface area contributed by atoms with Gasteiger partial charge < -0.3 is 15.4 Å². The smallest absolute Gasteiger partial charge is 0.225 e. The Hall–Kier alpha value is -1.55. The molecule has 0 aliphatic heterocycles. The molecule has 0 fully saturated rings. The molecule has 4 nitrogen and oxygen atoms in total.